The molecule has 0 radical (unpaired) electrons. The number of hydrogen-bond donors (Lipinski definition) is 0. The van der Waals surface area contributed by atoms with Crippen molar-refractivity contribution in [1.82, 2.24) is 0 Å². The molecule has 0 bridgehead atoms. The lowest BCUT2D eigenvalue weighted by Crippen LogP contribution is -2.47. The molecule has 0 amide bonds. The lowest BCUT2D eigenvalue weighted by Gasteiger charge is -2.24. The minimum atomic E-state index is -0.149. The maximum absolute atomic E-state index is 5.39. The Morgan fingerprint density at radius 3 is 2.23 bits per heavy atom. The summed E-state index contributed by atoms with van der Waals surface area (Å²) < 4.78 is 21.5. The molecular weight excluding hydrogens is 189 g/mol. The quantitative estimate of drug-likeness (QED) is 0.562. The Morgan fingerprint density at radius 2 is 1.54 bits per heavy atom. The Bertz CT molecular complexity index is 135. The fourth-order valence-corrected chi connectivity index (χ4v) is 1.86. The minimum Gasteiger partial charge on any atom is -0.418 e. The summed E-state index contributed by atoms with van der Waals surface area (Å²) in [5, 5.41) is 0. The zero-order valence-corrected chi connectivity index (χ0v) is 8.26. The van der Waals surface area contributed by atoms with Crippen LogP contribution in [0.5, 0.6) is 0 Å². The van der Waals surface area contributed by atoms with Gasteiger partial charge in [0.2, 0.25) is 7.06 Å². The molecule has 0 spiro atoms. The van der Waals surface area contributed by atoms with Gasteiger partial charge in [0, 0.05) is 13.2 Å². The molecule has 70 valence electrons. The van der Waals surface area contributed by atoms with E-state index in [0.717, 1.165) is 19.6 Å². The Morgan fingerprint density at radius 1 is 0.923 bits per heavy atom. The van der Waals surface area contributed by atoms with Crippen LogP contribution in [-0.4, -0.2) is 46.2 Å². The molecule has 0 saturated carbocycles. The van der Waals surface area contributed by atoms with Crippen LogP contribution in [0.2, 0.25) is 0 Å². The van der Waals surface area contributed by atoms with Crippen LogP contribution in [0, 0.1) is 0 Å². The highest BCUT2D eigenvalue weighted by molar-refractivity contribution is 7.99. The maximum Gasteiger partial charge on any atom is 0.401 e. The highest BCUT2D eigenvalue weighted by atomic mass is 32.2. The largest absolute Gasteiger partial charge is 0.418 e. The van der Waals surface area contributed by atoms with Crippen molar-refractivity contribution < 1.29 is 18.6 Å². The van der Waals surface area contributed by atoms with Gasteiger partial charge in [-0.1, -0.05) is 0 Å². The Balaban J connectivity index is 1.69. The predicted octanol–water partition coefficient (Wildman–Crippen LogP) is -0.475. The van der Waals surface area contributed by atoms with Crippen LogP contribution >= 0.6 is 11.8 Å². The highest BCUT2D eigenvalue weighted by Gasteiger charge is 2.34. The molecule has 2 aliphatic heterocycles. The molecule has 0 aromatic heterocycles. The van der Waals surface area contributed by atoms with Crippen molar-refractivity contribution in [3.05, 3.63) is 0 Å². The summed E-state index contributed by atoms with van der Waals surface area (Å²) in [4.78, 5) is 0. The Kier molecular flexibility index (Phi) is 4.05. The lowest BCUT2D eigenvalue weighted by atomic mass is 9.23. The summed E-state index contributed by atoms with van der Waals surface area (Å²) >= 11 is 1.63. The summed E-state index contributed by atoms with van der Waals surface area (Å²) in [7, 11) is 0.395. The van der Waals surface area contributed by atoms with Gasteiger partial charge in [-0.15, -0.1) is 11.8 Å². The predicted molar refractivity (Wildman–Crippen MR) is 54.7 cm³/mol. The van der Waals surface area contributed by atoms with E-state index >= 15 is 0 Å². The van der Waals surface area contributed by atoms with Gasteiger partial charge in [-0.3, -0.25) is 0 Å². The summed E-state index contributed by atoms with van der Waals surface area (Å²) in [5.74, 6) is 1.41. The molecule has 0 N–H and O–H groups in total. The number of rotatable bonds is 2. The summed E-state index contributed by atoms with van der Waals surface area (Å²) in [6.07, 6.45) is 0.985. The van der Waals surface area contributed by atoms with Crippen LogP contribution in [0.25, 0.3) is 0 Å². The molecule has 2 aliphatic rings. The number of hydrogen-bond acceptors (Lipinski definition) is 5. The topological polar surface area (TPSA) is 36.9 Å². The molecule has 13 heavy (non-hydrogen) atoms. The van der Waals surface area contributed by atoms with E-state index in [4.69, 9.17) is 18.6 Å². The van der Waals surface area contributed by atoms with Crippen molar-refractivity contribution in [2.24, 2.45) is 0 Å². The first-order chi connectivity index (χ1) is 6.45. The third-order valence-corrected chi connectivity index (χ3v) is 2.56. The second-order valence-corrected chi connectivity index (χ2v) is 3.84. The van der Waals surface area contributed by atoms with Gasteiger partial charge in [-0.2, -0.15) is 0 Å². The molecule has 0 aliphatic carbocycles. The van der Waals surface area contributed by atoms with Gasteiger partial charge < -0.3 is 18.6 Å². The van der Waals surface area contributed by atoms with Gasteiger partial charge >= 0.3 is 14.0 Å². The summed E-state index contributed by atoms with van der Waals surface area (Å²) in [5.41, 5.74) is 0. The molecule has 2 fully saturated rings. The average Bonchev–Trinajstić information content (AvgIpc) is 2.21. The molecule has 2 rings (SSSR count). The first kappa shape index (κ1) is 9.92. The first-order valence-corrected chi connectivity index (χ1v) is 5.65. The van der Waals surface area contributed by atoms with Crippen LogP contribution in [0.4, 0.5) is 0 Å². The second-order valence-electron chi connectivity index (χ2n) is 2.96. The van der Waals surface area contributed by atoms with Crippen molar-refractivity contribution in [2.75, 3.05) is 25.1 Å². The zero-order valence-electron chi connectivity index (χ0n) is 7.44. The summed E-state index contributed by atoms with van der Waals surface area (Å²) in [6.45, 7) is 1.57. The van der Waals surface area contributed by atoms with Crippen molar-refractivity contribution in [1.29, 1.82) is 0 Å². The van der Waals surface area contributed by atoms with Crippen molar-refractivity contribution >= 4 is 32.8 Å². The normalized spacial score (nSPS) is 24.6. The molecule has 4 nitrogen and oxygen atoms in total. The number of thioether (sulfide) groups is 1. The molecule has 8 heteroatoms. The van der Waals surface area contributed by atoms with Crippen molar-refractivity contribution in [3.63, 3.8) is 0 Å². The molecule has 2 saturated heterocycles. The smallest absolute Gasteiger partial charge is 0.401 e. The van der Waals surface area contributed by atoms with Crippen LogP contribution in [0.1, 0.15) is 6.42 Å². The van der Waals surface area contributed by atoms with Gasteiger partial charge in [0.15, 0.2) is 0 Å². The van der Waals surface area contributed by atoms with Crippen molar-refractivity contribution in [3.8, 4) is 0 Å². The fraction of sp³-hybridized carbons (Fsp3) is 1.00. The first-order valence-electron chi connectivity index (χ1n) is 4.49. The SMILES string of the molecule is B(B1OCCCO1)B1OCSCO1. The Hall–Kier alpha value is 0.385. The fourth-order valence-electron chi connectivity index (χ4n) is 1.30. The zero-order chi connectivity index (χ0) is 8.93. The van der Waals surface area contributed by atoms with E-state index in [2.05, 4.69) is 0 Å². The minimum absolute atomic E-state index is 0.137. The molecule has 0 unspecified atom stereocenters. The van der Waals surface area contributed by atoms with E-state index in [1.165, 1.54) is 0 Å². The highest BCUT2D eigenvalue weighted by Crippen LogP contribution is 2.11. The van der Waals surface area contributed by atoms with Gasteiger partial charge in [0.05, 0.1) is 11.9 Å². The molecular formula is C5H11B3O4S. The van der Waals surface area contributed by atoms with Crippen LogP contribution in [0.3, 0.4) is 0 Å². The molecule has 0 aromatic carbocycles. The Labute approximate surface area is 83.5 Å². The van der Waals surface area contributed by atoms with Crippen LogP contribution in [0.15, 0.2) is 0 Å². The summed E-state index contributed by atoms with van der Waals surface area (Å²) in [6, 6.07) is 0. The average molecular weight is 200 g/mol. The molecule has 2 heterocycles. The van der Waals surface area contributed by atoms with Gasteiger partial charge in [0.25, 0.3) is 0 Å². The monoisotopic (exact) mass is 200 g/mol. The third kappa shape index (κ3) is 3.21. The maximum atomic E-state index is 5.39. The van der Waals surface area contributed by atoms with Crippen LogP contribution < -0.4 is 0 Å². The van der Waals surface area contributed by atoms with E-state index < -0.39 is 0 Å². The molecule has 0 atom stereocenters. The van der Waals surface area contributed by atoms with Gasteiger partial charge in [-0.25, -0.2) is 0 Å². The molecule has 0 aromatic rings. The van der Waals surface area contributed by atoms with E-state index in [9.17, 15) is 0 Å². The third-order valence-electron chi connectivity index (χ3n) is 1.96. The van der Waals surface area contributed by atoms with E-state index in [-0.39, 0.29) is 14.0 Å². The van der Waals surface area contributed by atoms with Crippen LogP contribution in [-0.2, 0) is 18.6 Å². The standard InChI is InChI=1S/C5H11B3O4S/c1-2-9-7(10-3-1)6-8-11-4-13-5-12-8/h6H,1-5H2. The van der Waals surface area contributed by atoms with E-state index in [1.807, 2.05) is 0 Å². The lowest BCUT2D eigenvalue weighted by molar-refractivity contribution is 0.147. The second kappa shape index (κ2) is 5.31. The van der Waals surface area contributed by atoms with E-state index in [1.54, 1.807) is 11.8 Å². The van der Waals surface area contributed by atoms with Gasteiger partial charge in [-0.05, 0) is 6.42 Å². The van der Waals surface area contributed by atoms with Crippen molar-refractivity contribution in [2.45, 2.75) is 6.42 Å². The van der Waals surface area contributed by atoms with Gasteiger partial charge in [0.1, 0.15) is 0 Å². The van der Waals surface area contributed by atoms with E-state index in [0.29, 0.717) is 18.9 Å².